The van der Waals surface area contributed by atoms with Crippen LogP contribution >= 0.6 is 15.6 Å². The van der Waals surface area contributed by atoms with Crippen LogP contribution in [0.3, 0.4) is 0 Å². The van der Waals surface area contributed by atoms with Crippen LogP contribution in [0.2, 0.25) is 0 Å². The zero-order valence-electron chi connectivity index (χ0n) is 61.6. The monoisotopic (exact) mass is 1430 g/mol. The van der Waals surface area contributed by atoms with E-state index in [1.54, 1.807) is 0 Å². The average molecular weight is 1430 g/mol. The number of hydrogen-bond acceptors (Lipinski definition) is 14. The summed E-state index contributed by atoms with van der Waals surface area (Å²) in [5.41, 5.74) is 0. The molecule has 0 aromatic heterocycles. The number of rotatable bonds is 71. The van der Waals surface area contributed by atoms with Gasteiger partial charge in [0.15, 0.2) is 6.10 Å². The fraction of sp³-hybridized carbons (Fsp3) is 0.667. The maximum absolute atomic E-state index is 12.9. The van der Waals surface area contributed by atoms with E-state index in [-0.39, 0.29) is 19.3 Å². The molecule has 4 N–H and O–H groups in total. The topological polar surface area (TPSA) is 231 Å². The van der Waals surface area contributed by atoms with Gasteiger partial charge in [-0.1, -0.05) is 282 Å². The summed E-state index contributed by atoms with van der Waals surface area (Å²) in [5, 5.41) is 20.6. The molecule has 0 aromatic carbocycles. The second-order valence-electron chi connectivity index (χ2n) is 25.0. The molecular formula is C81H136O16P2. The summed E-state index contributed by atoms with van der Waals surface area (Å²) >= 11 is 0. The predicted octanol–water partition coefficient (Wildman–Crippen LogP) is 22.1. The minimum atomic E-state index is -4.94. The third-order valence-corrected chi connectivity index (χ3v) is 17.4. The van der Waals surface area contributed by atoms with Gasteiger partial charge >= 0.3 is 33.6 Å². The van der Waals surface area contributed by atoms with Crippen molar-refractivity contribution in [2.45, 2.75) is 309 Å². The molecule has 566 valence electrons. The van der Waals surface area contributed by atoms with Gasteiger partial charge in [0.25, 0.3) is 0 Å². The first kappa shape index (κ1) is 94.4. The Hall–Kier alpha value is -4.57. The molecule has 99 heavy (non-hydrogen) atoms. The number of hydrogen-bond donors (Lipinski definition) is 4. The molecule has 0 radical (unpaired) electrons. The third kappa shape index (κ3) is 74.4. The summed E-state index contributed by atoms with van der Waals surface area (Å²) in [6.45, 7) is 2.29. The molecule has 0 aliphatic heterocycles. The van der Waals surface area contributed by atoms with E-state index >= 15 is 0 Å². The largest absolute Gasteiger partial charge is 0.472 e. The second-order valence-corrected chi connectivity index (χ2v) is 27.9. The van der Waals surface area contributed by atoms with Crippen molar-refractivity contribution < 1.29 is 75.8 Å². The van der Waals surface area contributed by atoms with Crippen LogP contribution in [0.15, 0.2) is 146 Å². The second kappa shape index (κ2) is 73.2. The molecule has 5 unspecified atom stereocenters. The van der Waals surface area contributed by atoms with Gasteiger partial charge < -0.3 is 34.2 Å². The van der Waals surface area contributed by atoms with Crippen LogP contribution in [0.25, 0.3) is 0 Å². The Morgan fingerprint density at radius 1 is 0.283 bits per heavy atom. The lowest BCUT2D eigenvalue weighted by Gasteiger charge is -2.21. The van der Waals surface area contributed by atoms with Gasteiger partial charge in [-0.25, -0.2) is 9.13 Å². The Morgan fingerprint density at radius 3 is 0.798 bits per heavy atom. The minimum Gasteiger partial charge on any atom is -0.463 e. The highest BCUT2D eigenvalue weighted by Crippen LogP contribution is 2.45. The molecule has 0 rings (SSSR count). The number of aliphatic hydroxyl groups excluding tert-OH is 2. The summed E-state index contributed by atoms with van der Waals surface area (Å²) in [5.74, 6) is -1.62. The summed E-state index contributed by atoms with van der Waals surface area (Å²) < 4.78 is 61.0. The van der Waals surface area contributed by atoms with Gasteiger partial charge in [-0.2, -0.15) is 0 Å². The van der Waals surface area contributed by atoms with E-state index in [1.807, 2.05) is 0 Å². The number of ether oxygens (including phenoxy) is 3. The molecule has 18 heteroatoms. The molecule has 0 aromatic rings. The molecule has 0 bridgehead atoms. The fourth-order valence-corrected chi connectivity index (χ4v) is 11.4. The number of carbonyl (C=O) groups is 3. The van der Waals surface area contributed by atoms with Gasteiger partial charge in [0, 0.05) is 19.3 Å². The molecule has 5 atom stereocenters. The van der Waals surface area contributed by atoms with Crippen molar-refractivity contribution in [2.75, 3.05) is 39.6 Å². The first-order chi connectivity index (χ1) is 48.2. The number of esters is 3. The van der Waals surface area contributed by atoms with Crippen LogP contribution in [0.5, 0.6) is 0 Å². The van der Waals surface area contributed by atoms with Gasteiger partial charge in [0.05, 0.1) is 26.4 Å². The van der Waals surface area contributed by atoms with Crippen LogP contribution < -0.4 is 0 Å². The standard InChI is InChI=1S/C81H136O16P2/c1-4-7-10-13-16-19-22-25-28-29-30-31-32-33-34-35-36-37-38-39-40-41-42-43-44-45-48-50-52-55-58-61-64-67-79(84)91-70-76(82)71-93-98(87,88)94-72-77(83)73-95-99(89,90)96-75-78(97-81(86)69-66-63-60-57-54-51-47-27-24-21-18-15-12-9-6-3)74-92-80(85)68-65-62-59-56-53-49-46-26-23-20-17-14-11-8-5-2/h7-12,16-21,25-28,30-31,33-34,36-37,46-47,76-78,82-83H,4-6,13-15,22-24,29,32,35,38-45,48-75H2,1-3H3,(H,87,88)(H,89,90)/b10-7-,11-8-,12-9-,19-16-,20-17-,21-18-,28-25-,31-30-,34-33-,37-36-,46-26-,47-27-. The zero-order valence-corrected chi connectivity index (χ0v) is 63.4. The van der Waals surface area contributed by atoms with Crippen molar-refractivity contribution in [3.63, 3.8) is 0 Å². The molecule has 16 nitrogen and oxygen atoms in total. The van der Waals surface area contributed by atoms with Crippen LogP contribution in [0.4, 0.5) is 0 Å². The van der Waals surface area contributed by atoms with E-state index in [9.17, 15) is 43.5 Å². The van der Waals surface area contributed by atoms with E-state index in [0.29, 0.717) is 19.3 Å². The number of phosphoric acid groups is 2. The molecule has 0 saturated carbocycles. The lowest BCUT2D eigenvalue weighted by molar-refractivity contribution is -0.161. The summed E-state index contributed by atoms with van der Waals surface area (Å²) in [4.78, 5) is 58.5. The number of aliphatic hydroxyl groups is 2. The Labute approximate surface area is 600 Å². The van der Waals surface area contributed by atoms with Crippen molar-refractivity contribution >= 4 is 33.6 Å². The van der Waals surface area contributed by atoms with Gasteiger partial charge in [-0.15, -0.1) is 0 Å². The zero-order chi connectivity index (χ0) is 72.3. The number of phosphoric ester groups is 2. The highest BCUT2D eigenvalue weighted by atomic mass is 31.2. The van der Waals surface area contributed by atoms with E-state index in [4.69, 9.17) is 32.3 Å². The molecule has 0 aliphatic rings. The predicted molar refractivity (Wildman–Crippen MR) is 408 cm³/mol. The fourth-order valence-electron chi connectivity index (χ4n) is 9.84. The molecule has 0 aliphatic carbocycles. The lowest BCUT2D eigenvalue weighted by atomic mass is 10.0. The van der Waals surface area contributed by atoms with Crippen molar-refractivity contribution in [2.24, 2.45) is 0 Å². The third-order valence-electron chi connectivity index (χ3n) is 15.5. The first-order valence-corrected chi connectivity index (χ1v) is 41.1. The van der Waals surface area contributed by atoms with Crippen LogP contribution in [0, 0.1) is 0 Å². The van der Waals surface area contributed by atoms with E-state index in [2.05, 4.69) is 167 Å². The van der Waals surface area contributed by atoms with Crippen molar-refractivity contribution in [1.82, 2.24) is 0 Å². The number of carbonyl (C=O) groups excluding carboxylic acids is 3. The first-order valence-electron chi connectivity index (χ1n) is 38.1. The molecule has 0 amide bonds. The average Bonchev–Trinajstić information content (AvgIpc) is 1.43. The number of unbranched alkanes of at least 4 members (excludes halogenated alkanes) is 24. The van der Waals surface area contributed by atoms with Crippen molar-refractivity contribution in [1.29, 1.82) is 0 Å². The summed E-state index contributed by atoms with van der Waals surface area (Å²) in [7, 11) is -9.80. The summed E-state index contributed by atoms with van der Waals surface area (Å²) in [6.07, 6.45) is 89.2. The SMILES string of the molecule is CC/C=C\C/C=C\C/C=C\C/C=C\C/C=C\C/C=C\CCCCCCCCCCCCCCCCC(=O)OCC(O)COP(=O)(O)OCC(O)COP(=O)(O)OCC(COC(=O)CCCCCCC/C=C\C/C=C\C/C=C\CC)OC(=O)CCCCCCC/C=C\C/C=C\C/C=C\CC. The smallest absolute Gasteiger partial charge is 0.463 e. The summed E-state index contributed by atoms with van der Waals surface area (Å²) in [6, 6.07) is 0. The quantitative estimate of drug-likeness (QED) is 0.0146. The molecule has 0 heterocycles. The highest BCUT2D eigenvalue weighted by Gasteiger charge is 2.29. The minimum absolute atomic E-state index is 0.0782. The van der Waals surface area contributed by atoms with Crippen molar-refractivity contribution in [3.8, 4) is 0 Å². The van der Waals surface area contributed by atoms with Gasteiger partial charge in [-0.3, -0.25) is 32.5 Å². The Bertz CT molecular complexity index is 2380. The van der Waals surface area contributed by atoms with Gasteiger partial charge in [0.1, 0.15) is 25.4 Å². The molecule has 0 fully saturated rings. The Kier molecular flexibility index (Phi) is 69.8. The van der Waals surface area contributed by atoms with Crippen LogP contribution in [0.1, 0.15) is 290 Å². The molecule has 0 spiro atoms. The Balaban J connectivity index is 4.43. The van der Waals surface area contributed by atoms with Crippen LogP contribution in [-0.2, 0) is 55.8 Å². The van der Waals surface area contributed by atoms with E-state index < -0.39 is 91.5 Å². The molecule has 0 saturated heterocycles. The Morgan fingerprint density at radius 2 is 0.505 bits per heavy atom. The normalized spacial score (nSPS) is 14.9. The highest BCUT2D eigenvalue weighted by molar-refractivity contribution is 7.47. The van der Waals surface area contributed by atoms with Crippen LogP contribution in [-0.4, -0.2) is 95.9 Å². The number of allylic oxidation sites excluding steroid dienone is 24. The van der Waals surface area contributed by atoms with E-state index in [0.717, 1.165) is 167 Å². The van der Waals surface area contributed by atoms with E-state index in [1.165, 1.54) is 64.2 Å². The molecular weight excluding hydrogens is 1290 g/mol. The maximum Gasteiger partial charge on any atom is 0.472 e. The van der Waals surface area contributed by atoms with Gasteiger partial charge in [0.2, 0.25) is 0 Å². The lowest BCUT2D eigenvalue weighted by Crippen LogP contribution is -2.30. The van der Waals surface area contributed by atoms with Crippen molar-refractivity contribution in [3.05, 3.63) is 146 Å². The maximum atomic E-state index is 12.9. The van der Waals surface area contributed by atoms with Gasteiger partial charge in [-0.05, 0) is 135 Å².